The van der Waals surface area contributed by atoms with Crippen molar-refractivity contribution in [2.75, 3.05) is 78.5 Å². The fraction of sp³-hybridized carbons (Fsp3) is 1.00. The van der Waals surface area contributed by atoms with Crippen LogP contribution in [0.2, 0.25) is 0 Å². The van der Waals surface area contributed by atoms with Crippen LogP contribution in [0, 0.1) is 20.2 Å². The van der Waals surface area contributed by atoms with Gasteiger partial charge in [-0.3, -0.25) is 39.8 Å². The highest BCUT2D eigenvalue weighted by atomic mass is 16.6. The lowest BCUT2D eigenvalue weighted by atomic mass is 9.93. The van der Waals surface area contributed by atoms with Crippen molar-refractivity contribution in [1.29, 1.82) is 0 Å². The Morgan fingerprint density at radius 1 is 0.654 bits per heavy atom. The summed E-state index contributed by atoms with van der Waals surface area (Å²) in [5.74, 6) is 0. The lowest BCUT2D eigenvalue weighted by molar-refractivity contribution is -0.583. The molecule has 3 aliphatic heterocycles. The van der Waals surface area contributed by atoms with Crippen LogP contribution in [0.1, 0.15) is 13.8 Å². The van der Waals surface area contributed by atoms with Crippen LogP contribution in [0.4, 0.5) is 0 Å². The number of nitrogens with zero attached hydrogens (tertiary/aromatic N) is 6. The van der Waals surface area contributed by atoms with Crippen molar-refractivity contribution in [3.63, 3.8) is 0 Å². The predicted octanol–water partition coefficient (Wildman–Crippen LogP) is -0.694. The van der Waals surface area contributed by atoms with Gasteiger partial charge < -0.3 is 0 Å². The van der Waals surface area contributed by atoms with Crippen LogP contribution in [0.25, 0.3) is 0 Å². The molecule has 3 heterocycles. The second-order valence-corrected chi connectivity index (χ2v) is 8.61. The molecule has 3 fully saturated rings. The van der Waals surface area contributed by atoms with Gasteiger partial charge in [0.1, 0.15) is 0 Å². The Labute approximate surface area is 154 Å². The van der Waals surface area contributed by atoms with E-state index in [2.05, 4.69) is 9.80 Å². The second-order valence-electron chi connectivity index (χ2n) is 8.61. The van der Waals surface area contributed by atoms with E-state index in [9.17, 15) is 20.2 Å². The van der Waals surface area contributed by atoms with E-state index in [1.165, 1.54) is 0 Å². The third-order valence-electron chi connectivity index (χ3n) is 5.68. The summed E-state index contributed by atoms with van der Waals surface area (Å²) in [7, 11) is 0. The summed E-state index contributed by atoms with van der Waals surface area (Å²) < 4.78 is 0. The molecule has 148 valence electrons. The van der Waals surface area contributed by atoms with Crippen LogP contribution in [0.15, 0.2) is 0 Å². The lowest BCUT2D eigenvalue weighted by Gasteiger charge is -2.40. The van der Waals surface area contributed by atoms with Crippen LogP contribution in [0.3, 0.4) is 0 Å². The molecule has 3 rings (SSSR count). The average Bonchev–Trinajstić information content (AvgIpc) is 3.43. The normalized spacial score (nSPS) is 34.2. The molecule has 0 unspecified atom stereocenters. The topological polar surface area (TPSA) is 98.8 Å². The van der Waals surface area contributed by atoms with Gasteiger partial charge in [0.05, 0.1) is 26.2 Å². The van der Waals surface area contributed by atoms with Gasteiger partial charge in [-0.25, -0.2) is 0 Å². The Bertz CT molecular complexity index is 491. The summed E-state index contributed by atoms with van der Waals surface area (Å²) in [5, 5.41) is 23.7. The fourth-order valence-electron chi connectivity index (χ4n) is 3.84. The van der Waals surface area contributed by atoms with E-state index in [-0.39, 0.29) is 36.0 Å². The molecule has 0 spiro atoms. The number of nitro groups is 2. The third kappa shape index (κ3) is 4.87. The number of hydrogen-bond acceptors (Lipinski definition) is 8. The van der Waals surface area contributed by atoms with Gasteiger partial charge in [0, 0.05) is 76.1 Å². The molecule has 0 radical (unpaired) electrons. The van der Waals surface area contributed by atoms with Gasteiger partial charge in [-0.05, 0) is 0 Å². The van der Waals surface area contributed by atoms with Crippen molar-refractivity contribution in [3.8, 4) is 0 Å². The molecule has 3 aliphatic rings. The van der Waals surface area contributed by atoms with Gasteiger partial charge in [-0.1, -0.05) is 0 Å². The van der Waals surface area contributed by atoms with Crippen molar-refractivity contribution in [2.45, 2.75) is 24.9 Å². The minimum absolute atomic E-state index is 0.198. The summed E-state index contributed by atoms with van der Waals surface area (Å²) in [6.07, 6.45) is 0. The minimum Gasteiger partial charge on any atom is -0.300 e. The summed E-state index contributed by atoms with van der Waals surface area (Å²) in [6, 6.07) is 0. The number of rotatable bonds is 8. The van der Waals surface area contributed by atoms with Crippen molar-refractivity contribution in [3.05, 3.63) is 20.2 Å². The first-order chi connectivity index (χ1) is 12.2. The molecule has 0 aromatic heterocycles. The van der Waals surface area contributed by atoms with E-state index in [4.69, 9.17) is 0 Å². The molecule has 0 atom stereocenters. The smallest absolute Gasteiger partial charge is 0.244 e. The molecular formula is C16H30N6O4. The van der Waals surface area contributed by atoms with Crippen LogP contribution in [-0.2, 0) is 0 Å². The molecule has 0 saturated carbocycles. The van der Waals surface area contributed by atoms with Crippen molar-refractivity contribution >= 4 is 0 Å². The van der Waals surface area contributed by atoms with Gasteiger partial charge in [0.15, 0.2) is 0 Å². The molecule has 10 heteroatoms. The molecule has 26 heavy (non-hydrogen) atoms. The molecule has 0 aliphatic carbocycles. The molecule has 0 bridgehead atoms. The van der Waals surface area contributed by atoms with E-state index in [0.29, 0.717) is 13.1 Å². The molecule has 3 saturated heterocycles. The highest BCUT2D eigenvalue weighted by Crippen LogP contribution is 2.24. The van der Waals surface area contributed by atoms with Crippen molar-refractivity contribution in [2.24, 2.45) is 0 Å². The van der Waals surface area contributed by atoms with Crippen LogP contribution in [-0.4, -0.2) is 119 Å². The highest BCUT2D eigenvalue weighted by Gasteiger charge is 2.50. The predicted molar refractivity (Wildman–Crippen MR) is 96.6 cm³/mol. The van der Waals surface area contributed by atoms with Crippen LogP contribution in [0.5, 0.6) is 0 Å². The molecule has 10 nitrogen and oxygen atoms in total. The van der Waals surface area contributed by atoms with Gasteiger partial charge in [0.2, 0.25) is 11.1 Å². The third-order valence-corrected chi connectivity index (χ3v) is 5.68. The summed E-state index contributed by atoms with van der Waals surface area (Å²) in [6.45, 7) is 11.5. The summed E-state index contributed by atoms with van der Waals surface area (Å²) in [4.78, 5) is 31.6. The molecule has 0 aromatic rings. The Kier molecular flexibility index (Phi) is 5.48. The number of hydrogen-bond donors (Lipinski definition) is 0. The van der Waals surface area contributed by atoms with E-state index in [0.717, 1.165) is 39.3 Å². The molecule has 0 aromatic carbocycles. The van der Waals surface area contributed by atoms with Crippen LogP contribution < -0.4 is 0 Å². The Balaban J connectivity index is 1.76. The van der Waals surface area contributed by atoms with Gasteiger partial charge in [-0.15, -0.1) is 0 Å². The largest absolute Gasteiger partial charge is 0.300 e. The van der Waals surface area contributed by atoms with E-state index >= 15 is 0 Å². The van der Waals surface area contributed by atoms with Gasteiger partial charge >= 0.3 is 0 Å². The van der Waals surface area contributed by atoms with Crippen molar-refractivity contribution in [1.82, 2.24) is 19.6 Å². The quantitative estimate of drug-likeness (QED) is 0.314. The zero-order chi connectivity index (χ0) is 18.9. The maximum Gasteiger partial charge on any atom is 0.244 e. The van der Waals surface area contributed by atoms with Gasteiger partial charge in [-0.2, -0.15) is 0 Å². The van der Waals surface area contributed by atoms with Crippen LogP contribution >= 0.6 is 0 Å². The Morgan fingerprint density at radius 2 is 0.923 bits per heavy atom. The first-order valence-corrected chi connectivity index (χ1v) is 9.39. The molecule has 0 N–H and O–H groups in total. The second kappa shape index (κ2) is 7.34. The fourth-order valence-corrected chi connectivity index (χ4v) is 3.84. The Hall–Kier alpha value is -1.36. The molecular weight excluding hydrogens is 340 g/mol. The van der Waals surface area contributed by atoms with E-state index in [1.807, 2.05) is 9.80 Å². The zero-order valence-electron chi connectivity index (χ0n) is 15.8. The SMILES string of the molecule is CC1([N+](=O)[O-])CN(CCN2CC2)CC(C)([N+](=O)[O-])CN(CCN2CC2)C1. The van der Waals surface area contributed by atoms with E-state index in [1.54, 1.807) is 13.8 Å². The standard InChI is InChI=1S/C16H30N6O4/c1-15(21(23)24)11-19(9-7-17-3-4-17)13-16(2,22(25)26)14-20(12-15)10-8-18-5-6-18/h3-14H2,1-2H3. The monoisotopic (exact) mass is 370 g/mol. The summed E-state index contributed by atoms with van der Waals surface area (Å²) in [5.41, 5.74) is -2.23. The average molecular weight is 370 g/mol. The first kappa shape index (κ1) is 19.4. The maximum absolute atomic E-state index is 11.8. The maximum atomic E-state index is 11.8. The first-order valence-electron chi connectivity index (χ1n) is 9.39. The Morgan fingerprint density at radius 3 is 1.15 bits per heavy atom. The molecule has 0 amide bonds. The lowest BCUT2D eigenvalue weighted by Crippen LogP contribution is -2.64. The zero-order valence-corrected chi connectivity index (χ0v) is 15.8. The van der Waals surface area contributed by atoms with Gasteiger partial charge in [0.25, 0.3) is 0 Å². The minimum atomic E-state index is -1.12. The van der Waals surface area contributed by atoms with Crippen molar-refractivity contribution < 1.29 is 9.85 Å². The summed E-state index contributed by atoms with van der Waals surface area (Å²) >= 11 is 0. The van der Waals surface area contributed by atoms with E-state index < -0.39 is 11.1 Å². The highest BCUT2D eigenvalue weighted by molar-refractivity contribution is 4.93.